The molecule has 0 aromatic carbocycles. The second kappa shape index (κ2) is 7.32. The Kier molecular flexibility index (Phi) is 5.18. The molecule has 2 aromatic rings. The summed E-state index contributed by atoms with van der Waals surface area (Å²) in [6, 6.07) is 7.24. The highest BCUT2D eigenvalue weighted by Gasteiger charge is 2.36. The predicted octanol–water partition coefficient (Wildman–Crippen LogP) is 3.66. The Morgan fingerprint density at radius 3 is 2.78 bits per heavy atom. The molecule has 1 atom stereocenters. The monoisotopic (exact) mass is 333 g/mol. The Bertz CT molecular complexity index is 566. The molecule has 1 amide bonds. The van der Waals surface area contributed by atoms with Crippen molar-refractivity contribution in [1.29, 1.82) is 0 Å². The first-order valence-electron chi connectivity index (χ1n) is 8.25. The molecule has 0 radical (unpaired) electrons. The van der Waals surface area contributed by atoms with E-state index in [-0.39, 0.29) is 12.5 Å². The lowest BCUT2D eigenvalue weighted by atomic mass is 9.87. The Balaban J connectivity index is 1.64. The molecule has 23 heavy (non-hydrogen) atoms. The highest BCUT2D eigenvalue weighted by molar-refractivity contribution is 7.10. The zero-order valence-electron chi connectivity index (χ0n) is 13.2. The molecule has 5 heteroatoms. The summed E-state index contributed by atoms with van der Waals surface area (Å²) in [6.07, 6.45) is 8.11. The third-order valence-corrected chi connectivity index (χ3v) is 5.62. The summed E-state index contributed by atoms with van der Waals surface area (Å²) in [7, 11) is 0. The van der Waals surface area contributed by atoms with Crippen molar-refractivity contribution < 1.29 is 14.3 Å². The number of carbonyl (C=O) groups is 1. The van der Waals surface area contributed by atoms with Crippen molar-refractivity contribution in [3.05, 3.63) is 46.5 Å². The molecule has 2 N–H and O–H groups in total. The SMILES string of the molecule is O=C(CC1CCCCC1)NCC(O)(c1ccco1)c1cccs1. The molecular weight excluding hydrogens is 310 g/mol. The fourth-order valence-corrected chi connectivity index (χ4v) is 4.10. The van der Waals surface area contributed by atoms with Gasteiger partial charge < -0.3 is 14.8 Å². The summed E-state index contributed by atoms with van der Waals surface area (Å²) in [4.78, 5) is 13.0. The lowest BCUT2D eigenvalue weighted by molar-refractivity contribution is -0.123. The van der Waals surface area contributed by atoms with Gasteiger partial charge >= 0.3 is 0 Å². The second-order valence-electron chi connectivity index (χ2n) is 6.30. The Morgan fingerprint density at radius 2 is 2.13 bits per heavy atom. The van der Waals surface area contributed by atoms with Gasteiger partial charge in [-0.15, -0.1) is 11.3 Å². The van der Waals surface area contributed by atoms with E-state index in [2.05, 4.69) is 5.32 Å². The number of thiophene rings is 1. The van der Waals surface area contributed by atoms with Crippen LogP contribution in [0.1, 0.15) is 49.2 Å². The molecule has 1 aliphatic rings. The van der Waals surface area contributed by atoms with Gasteiger partial charge in [-0.25, -0.2) is 0 Å². The molecule has 0 spiro atoms. The van der Waals surface area contributed by atoms with Crippen molar-refractivity contribution in [3.8, 4) is 0 Å². The van der Waals surface area contributed by atoms with Gasteiger partial charge in [-0.1, -0.05) is 25.3 Å². The third-order valence-electron chi connectivity index (χ3n) is 4.60. The Labute approximate surface area is 140 Å². The van der Waals surface area contributed by atoms with E-state index >= 15 is 0 Å². The molecular formula is C18H23NO3S. The van der Waals surface area contributed by atoms with Gasteiger partial charge in [0.1, 0.15) is 5.76 Å². The largest absolute Gasteiger partial charge is 0.466 e. The van der Waals surface area contributed by atoms with Gasteiger partial charge in [-0.05, 0) is 42.3 Å². The molecule has 2 heterocycles. The topological polar surface area (TPSA) is 62.5 Å². The summed E-state index contributed by atoms with van der Waals surface area (Å²) in [6.45, 7) is 0.132. The summed E-state index contributed by atoms with van der Waals surface area (Å²) in [5.41, 5.74) is -1.31. The first-order valence-corrected chi connectivity index (χ1v) is 9.13. The first kappa shape index (κ1) is 16.3. The van der Waals surface area contributed by atoms with Gasteiger partial charge in [-0.3, -0.25) is 4.79 Å². The number of furan rings is 1. The van der Waals surface area contributed by atoms with E-state index in [9.17, 15) is 9.90 Å². The highest BCUT2D eigenvalue weighted by Crippen LogP contribution is 2.33. The smallest absolute Gasteiger partial charge is 0.220 e. The fourth-order valence-electron chi connectivity index (χ4n) is 3.28. The molecule has 124 valence electrons. The van der Waals surface area contributed by atoms with Crippen LogP contribution in [0, 0.1) is 5.92 Å². The normalized spacial score (nSPS) is 18.5. The van der Waals surface area contributed by atoms with Crippen LogP contribution in [-0.4, -0.2) is 17.6 Å². The number of amides is 1. The lowest BCUT2D eigenvalue weighted by Crippen LogP contribution is -2.41. The van der Waals surface area contributed by atoms with Crippen molar-refractivity contribution in [2.45, 2.75) is 44.1 Å². The van der Waals surface area contributed by atoms with Crippen LogP contribution in [0.3, 0.4) is 0 Å². The summed E-state index contributed by atoms with van der Waals surface area (Å²) in [5.74, 6) is 0.957. The van der Waals surface area contributed by atoms with Gasteiger partial charge in [0.05, 0.1) is 12.8 Å². The van der Waals surface area contributed by atoms with Crippen LogP contribution < -0.4 is 5.32 Å². The van der Waals surface area contributed by atoms with Gasteiger partial charge in [-0.2, -0.15) is 0 Å². The van der Waals surface area contributed by atoms with E-state index in [1.165, 1.54) is 36.9 Å². The van der Waals surface area contributed by atoms with Crippen molar-refractivity contribution in [2.75, 3.05) is 6.54 Å². The number of nitrogens with one attached hydrogen (secondary N) is 1. The van der Waals surface area contributed by atoms with Gasteiger partial charge in [0.2, 0.25) is 5.91 Å². The van der Waals surface area contributed by atoms with E-state index < -0.39 is 5.60 Å². The summed E-state index contributed by atoms with van der Waals surface area (Å²) < 4.78 is 5.41. The number of aliphatic hydroxyl groups is 1. The average Bonchev–Trinajstić information content (AvgIpc) is 3.27. The molecule has 1 unspecified atom stereocenters. The molecule has 1 aliphatic carbocycles. The molecule has 1 saturated carbocycles. The van der Waals surface area contributed by atoms with Crippen LogP contribution in [0.4, 0.5) is 0 Å². The number of rotatable bonds is 6. The van der Waals surface area contributed by atoms with E-state index in [0.29, 0.717) is 18.1 Å². The minimum atomic E-state index is -1.31. The minimum absolute atomic E-state index is 0.0124. The van der Waals surface area contributed by atoms with Crippen LogP contribution in [0.5, 0.6) is 0 Å². The molecule has 1 fully saturated rings. The van der Waals surface area contributed by atoms with Gasteiger partial charge in [0.15, 0.2) is 5.60 Å². The number of hydrogen-bond donors (Lipinski definition) is 2. The highest BCUT2D eigenvalue weighted by atomic mass is 32.1. The Morgan fingerprint density at radius 1 is 1.30 bits per heavy atom. The van der Waals surface area contributed by atoms with E-state index in [0.717, 1.165) is 17.7 Å². The van der Waals surface area contributed by atoms with Gasteiger partial charge in [0, 0.05) is 11.3 Å². The molecule has 2 aromatic heterocycles. The second-order valence-corrected chi connectivity index (χ2v) is 7.25. The van der Waals surface area contributed by atoms with Crippen LogP contribution in [0.15, 0.2) is 40.3 Å². The average molecular weight is 333 g/mol. The molecule has 4 nitrogen and oxygen atoms in total. The van der Waals surface area contributed by atoms with Crippen LogP contribution in [0.25, 0.3) is 0 Å². The van der Waals surface area contributed by atoms with Crippen LogP contribution in [-0.2, 0) is 10.4 Å². The first-order chi connectivity index (χ1) is 11.2. The van der Waals surface area contributed by atoms with Crippen LogP contribution >= 0.6 is 11.3 Å². The maximum Gasteiger partial charge on any atom is 0.220 e. The number of hydrogen-bond acceptors (Lipinski definition) is 4. The predicted molar refractivity (Wildman–Crippen MR) is 90.2 cm³/mol. The van der Waals surface area contributed by atoms with Gasteiger partial charge in [0.25, 0.3) is 0 Å². The van der Waals surface area contributed by atoms with E-state index in [1.54, 1.807) is 12.1 Å². The zero-order valence-corrected chi connectivity index (χ0v) is 14.0. The molecule has 0 saturated heterocycles. The molecule has 0 aliphatic heterocycles. The van der Waals surface area contributed by atoms with E-state index in [1.807, 2.05) is 17.5 Å². The fraction of sp³-hybridized carbons (Fsp3) is 0.500. The summed E-state index contributed by atoms with van der Waals surface area (Å²) >= 11 is 1.45. The third kappa shape index (κ3) is 3.85. The van der Waals surface area contributed by atoms with Crippen molar-refractivity contribution in [2.24, 2.45) is 5.92 Å². The quantitative estimate of drug-likeness (QED) is 0.848. The van der Waals surface area contributed by atoms with Crippen molar-refractivity contribution in [1.82, 2.24) is 5.32 Å². The maximum absolute atomic E-state index is 12.2. The van der Waals surface area contributed by atoms with Crippen LogP contribution in [0.2, 0.25) is 0 Å². The van der Waals surface area contributed by atoms with E-state index in [4.69, 9.17) is 4.42 Å². The lowest BCUT2D eigenvalue weighted by Gasteiger charge is -2.26. The standard InChI is InChI=1S/C18H23NO3S/c20-17(12-14-6-2-1-3-7-14)19-13-18(21,15-8-4-10-22-15)16-9-5-11-23-16/h4-5,8-11,14,21H,1-3,6-7,12-13H2,(H,19,20). The maximum atomic E-state index is 12.2. The minimum Gasteiger partial charge on any atom is -0.466 e. The summed E-state index contributed by atoms with van der Waals surface area (Å²) in [5, 5.41) is 15.9. The number of carbonyl (C=O) groups excluding carboxylic acids is 1. The van der Waals surface area contributed by atoms with Crippen molar-refractivity contribution in [3.63, 3.8) is 0 Å². The Hall–Kier alpha value is -1.59. The van der Waals surface area contributed by atoms with Crippen molar-refractivity contribution >= 4 is 17.2 Å². The molecule has 3 rings (SSSR count). The zero-order chi connectivity index (χ0) is 16.1. The molecule has 0 bridgehead atoms.